The third kappa shape index (κ3) is 9.23. The summed E-state index contributed by atoms with van der Waals surface area (Å²) in [4.78, 5) is 40.2. The lowest BCUT2D eigenvalue weighted by Gasteiger charge is -2.16. The summed E-state index contributed by atoms with van der Waals surface area (Å²) in [6, 6.07) is 30.2. The molecule has 0 saturated carbocycles. The van der Waals surface area contributed by atoms with E-state index in [1.54, 1.807) is 78.9 Å². The van der Waals surface area contributed by atoms with Gasteiger partial charge in [-0.05, 0) is 79.6 Å². The largest absolute Gasteiger partial charge is 0.494 e. The summed E-state index contributed by atoms with van der Waals surface area (Å²) in [5.41, 5.74) is 2.27. The first-order chi connectivity index (χ1) is 20.9. The molecule has 1 atom stereocenters. The fourth-order valence-corrected chi connectivity index (χ4v) is 5.24. The van der Waals surface area contributed by atoms with Gasteiger partial charge in [-0.2, -0.15) is 0 Å². The van der Waals surface area contributed by atoms with Gasteiger partial charge in [0.05, 0.1) is 22.6 Å². The molecule has 4 rings (SSSR count). The van der Waals surface area contributed by atoms with Crippen LogP contribution in [0.1, 0.15) is 36.2 Å². The van der Waals surface area contributed by atoms with E-state index in [2.05, 4.69) is 16.0 Å². The summed E-state index contributed by atoms with van der Waals surface area (Å²) in [5.74, 6) is -0.366. The summed E-state index contributed by atoms with van der Waals surface area (Å²) in [6.45, 7) is 4.38. The number of benzene rings is 4. The normalized spacial score (nSPS) is 11.7. The molecule has 4 aromatic carbocycles. The Balaban J connectivity index is 1.51. The standard InChI is InChI=1S/C34H32ClN3O4S/c1-3-31(34(41)37-29-16-9-8-15-28(29)35)43-27-14-10-13-25(22-27)36-33(40)30(38-32(39)24-11-6-5-7-12-24)21-23-17-19-26(20-18-23)42-4-2/h5-22,31H,3-4H2,1-2H3,(H,36,40)(H,37,41)(H,38,39)/b30-21+. The predicted molar refractivity (Wildman–Crippen MR) is 175 cm³/mol. The average Bonchev–Trinajstić information content (AvgIpc) is 3.02. The lowest BCUT2D eigenvalue weighted by atomic mass is 10.1. The summed E-state index contributed by atoms with van der Waals surface area (Å²) in [5, 5.41) is 8.60. The molecule has 7 nitrogen and oxygen atoms in total. The van der Waals surface area contributed by atoms with Gasteiger partial charge in [-0.3, -0.25) is 14.4 Å². The van der Waals surface area contributed by atoms with E-state index < -0.39 is 11.8 Å². The van der Waals surface area contributed by atoms with Crippen molar-refractivity contribution in [3.05, 3.63) is 125 Å². The van der Waals surface area contributed by atoms with Crippen LogP contribution < -0.4 is 20.7 Å². The van der Waals surface area contributed by atoms with E-state index in [0.717, 1.165) is 4.90 Å². The molecule has 0 aliphatic heterocycles. The molecular formula is C34H32ClN3O4S. The summed E-state index contributed by atoms with van der Waals surface area (Å²) in [7, 11) is 0. The maximum atomic E-state index is 13.5. The minimum absolute atomic E-state index is 0.0709. The van der Waals surface area contributed by atoms with Gasteiger partial charge >= 0.3 is 0 Å². The summed E-state index contributed by atoms with van der Waals surface area (Å²) < 4.78 is 5.51. The van der Waals surface area contributed by atoms with Crippen LogP contribution in [0.2, 0.25) is 5.02 Å². The number of nitrogens with one attached hydrogen (secondary N) is 3. The first kappa shape index (κ1) is 31.4. The highest BCUT2D eigenvalue weighted by Gasteiger charge is 2.20. The van der Waals surface area contributed by atoms with Crippen LogP contribution in [0, 0.1) is 0 Å². The van der Waals surface area contributed by atoms with E-state index in [9.17, 15) is 14.4 Å². The van der Waals surface area contributed by atoms with Crippen molar-refractivity contribution in [2.24, 2.45) is 0 Å². The number of hydrogen-bond donors (Lipinski definition) is 3. The molecule has 0 aromatic heterocycles. The van der Waals surface area contributed by atoms with Gasteiger partial charge in [0, 0.05) is 16.1 Å². The molecule has 0 spiro atoms. The first-order valence-corrected chi connectivity index (χ1v) is 15.1. The van der Waals surface area contributed by atoms with E-state index in [4.69, 9.17) is 16.3 Å². The monoisotopic (exact) mass is 613 g/mol. The Morgan fingerprint density at radius 3 is 2.28 bits per heavy atom. The molecule has 0 bridgehead atoms. The van der Waals surface area contributed by atoms with Crippen LogP contribution >= 0.6 is 23.4 Å². The molecule has 0 aliphatic rings. The zero-order chi connectivity index (χ0) is 30.6. The van der Waals surface area contributed by atoms with Crippen molar-refractivity contribution in [2.75, 3.05) is 17.2 Å². The fraction of sp³-hybridized carbons (Fsp3) is 0.147. The number of carbonyl (C=O) groups excluding carboxylic acids is 3. The van der Waals surface area contributed by atoms with Crippen LogP contribution in [0.3, 0.4) is 0 Å². The highest BCUT2D eigenvalue weighted by Crippen LogP contribution is 2.30. The number of amides is 3. The molecule has 0 saturated heterocycles. The zero-order valence-corrected chi connectivity index (χ0v) is 25.4. The number of thioether (sulfide) groups is 1. The van der Waals surface area contributed by atoms with Crippen molar-refractivity contribution >= 4 is 58.5 Å². The van der Waals surface area contributed by atoms with Crippen molar-refractivity contribution in [3.63, 3.8) is 0 Å². The van der Waals surface area contributed by atoms with Crippen molar-refractivity contribution in [1.82, 2.24) is 5.32 Å². The van der Waals surface area contributed by atoms with Crippen LogP contribution in [-0.2, 0) is 9.59 Å². The van der Waals surface area contributed by atoms with E-state index in [-0.39, 0.29) is 16.9 Å². The van der Waals surface area contributed by atoms with E-state index in [1.165, 1.54) is 11.8 Å². The van der Waals surface area contributed by atoms with Crippen LogP contribution in [0.15, 0.2) is 114 Å². The van der Waals surface area contributed by atoms with Crippen molar-refractivity contribution in [3.8, 4) is 5.75 Å². The van der Waals surface area contributed by atoms with Crippen molar-refractivity contribution in [1.29, 1.82) is 0 Å². The van der Waals surface area contributed by atoms with Gasteiger partial charge in [-0.25, -0.2) is 0 Å². The molecule has 0 aliphatic carbocycles. The molecule has 3 amide bonds. The Morgan fingerprint density at radius 2 is 1.58 bits per heavy atom. The maximum absolute atomic E-state index is 13.5. The van der Waals surface area contributed by atoms with Crippen molar-refractivity contribution in [2.45, 2.75) is 30.4 Å². The molecule has 3 N–H and O–H groups in total. The Labute approximate surface area is 260 Å². The van der Waals surface area contributed by atoms with Crippen LogP contribution in [0.5, 0.6) is 5.75 Å². The summed E-state index contributed by atoms with van der Waals surface area (Å²) in [6.07, 6.45) is 2.19. The third-order valence-corrected chi connectivity index (χ3v) is 7.88. The minimum Gasteiger partial charge on any atom is -0.494 e. The second kappa shape index (κ2) is 15.6. The third-order valence-electron chi connectivity index (χ3n) is 6.20. The summed E-state index contributed by atoms with van der Waals surface area (Å²) >= 11 is 7.59. The van der Waals surface area contributed by atoms with Gasteiger partial charge in [0.1, 0.15) is 11.4 Å². The SMILES string of the molecule is CCOc1ccc(/C=C(/NC(=O)c2ccccc2)C(=O)Nc2cccc(SC(CC)C(=O)Nc3ccccc3Cl)c2)cc1. The molecule has 0 fully saturated rings. The maximum Gasteiger partial charge on any atom is 0.272 e. The van der Waals surface area contributed by atoms with Gasteiger partial charge in [0.15, 0.2) is 0 Å². The Morgan fingerprint density at radius 1 is 0.860 bits per heavy atom. The van der Waals surface area contributed by atoms with Gasteiger partial charge in [0.25, 0.3) is 11.8 Å². The lowest BCUT2D eigenvalue weighted by molar-refractivity contribution is -0.116. The molecule has 0 heterocycles. The van der Waals surface area contributed by atoms with Crippen LogP contribution in [0.25, 0.3) is 6.08 Å². The minimum atomic E-state index is -0.496. The Kier molecular flexibility index (Phi) is 11.4. The van der Waals surface area contributed by atoms with Gasteiger partial charge < -0.3 is 20.7 Å². The molecule has 4 aromatic rings. The molecular weight excluding hydrogens is 582 g/mol. The average molecular weight is 614 g/mol. The lowest BCUT2D eigenvalue weighted by Crippen LogP contribution is -2.30. The second-order valence-corrected chi connectivity index (χ2v) is 11.0. The first-order valence-electron chi connectivity index (χ1n) is 13.8. The van der Waals surface area contributed by atoms with Crippen molar-refractivity contribution < 1.29 is 19.1 Å². The Bertz CT molecular complexity index is 1590. The highest BCUT2D eigenvalue weighted by molar-refractivity contribution is 8.00. The Hall–Kier alpha value is -4.53. The molecule has 9 heteroatoms. The molecule has 0 radical (unpaired) electrons. The van der Waals surface area contributed by atoms with Gasteiger partial charge in [-0.1, -0.05) is 67.1 Å². The zero-order valence-electron chi connectivity index (χ0n) is 23.8. The van der Waals surface area contributed by atoms with Gasteiger partial charge in [0.2, 0.25) is 5.91 Å². The van der Waals surface area contributed by atoms with E-state index >= 15 is 0 Å². The van der Waals surface area contributed by atoms with E-state index in [0.29, 0.717) is 46.3 Å². The van der Waals surface area contributed by atoms with Gasteiger partial charge in [-0.15, -0.1) is 11.8 Å². The molecule has 220 valence electrons. The number of para-hydroxylation sites is 1. The van der Waals surface area contributed by atoms with Crippen LogP contribution in [0.4, 0.5) is 11.4 Å². The smallest absolute Gasteiger partial charge is 0.272 e. The number of anilines is 2. The van der Waals surface area contributed by atoms with Crippen LogP contribution in [-0.4, -0.2) is 29.6 Å². The van der Waals surface area contributed by atoms with E-state index in [1.807, 2.05) is 44.2 Å². The predicted octanol–water partition coefficient (Wildman–Crippen LogP) is 7.66. The fourth-order valence-electron chi connectivity index (χ4n) is 4.04. The topological polar surface area (TPSA) is 96.5 Å². The number of halogens is 1. The quantitative estimate of drug-likeness (QED) is 0.113. The number of hydrogen-bond acceptors (Lipinski definition) is 5. The number of rotatable bonds is 12. The molecule has 43 heavy (non-hydrogen) atoms. The highest BCUT2D eigenvalue weighted by atomic mass is 35.5. The number of carbonyl (C=O) groups is 3. The molecule has 1 unspecified atom stereocenters. The number of ether oxygens (including phenoxy) is 1. The second-order valence-electron chi connectivity index (χ2n) is 9.35.